The number of carbonyl (C=O) groups is 1. The van der Waals surface area contributed by atoms with Gasteiger partial charge in [0.25, 0.3) is 11.6 Å². The highest BCUT2D eigenvalue weighted by atomic mass is 35.5. The van der Waals surface area contributed by atoms with Crippen LogP contribution in [0.25, 0.3) is 5.82 Å². The molecule has 0 saturated carbocycles. The van der Waals surface area contributed by atoms with Gasteiger partial charge in [0, 0.05) is 37.3 Å². The van der Waals surface area contributed by atoms with Crippen molar-refractivity contribution in [3.8, 4) is 5.82 Å². The van der Waals surface area contributed by atoms with Crippen LogP contribution in [0.2, 0.25) is 5.02 Å². The Morgan fingerprint density at radius 3 is 2.41 bits per heavy atom. The lowest BCUT2D eigenvalue weighted by molar-refractivity contribution is -0.385. The minimum absolute atomic E-state index is 0.00655. The molecule has 3 heterocycles. The summed E-state index contributed by atoms with van der Waals surface area (Å²) in [7, 11) is 0. The normalized spacial score (nSPS) is 14.1. The molecule has 1 amide bonds. The minimum Gasteiger partial charge on any atom is -0.352 e. The summed E-state index contributed by atoms with van der Waals surface area (Å²) in [4.78, 5) is 30.9. The summed E-state index contributed by atoms with van der Waals surface area (Å²) in [5.41, 5.74) is -0.260. The van der Waals surface area contributed by atoms with Crippen molar-refractivity contribution < 1.29 is 9.72 Å². The van der Waals surface area contributed by atoms with Crippen LogP contribution in [0, 0.1) is 10.1 Å². The van der Waals surface area contributed by atoms with Gasteiger partial charge in [0.1, 0.15) is 18.2 Å². The van der Waals surface area contributed by atoms with Crippen molar-refractivity contribution in [1.29, 1.82) is 0 Å². The second-order valence-electron chi connectivity index (χ2n) is 6.29. The molecule has 1 fully saturated rings. The van der Waals surface area contributed by atoms with Gasteiger partial charge in [-0.15, -0.1) is 10.2 Å². The number of benzene rings is 1. The predicted molar refractivity (Wildman–Crippen MR) is 103 cm³/mol. The molecule has 0 spiro atoms. The molecule has 0 aliphatic carbocycles. The maximum Gasteiger partial charge on any atom is 0.282 e. The quantitative estimate of drug-likeness (QED) is 0.465. The first kappa shape index (κ1) is 18.7. The van der Waals surface area contributed by atoms with Gasteiger partial charge in [-0.3, -0.25) is 14.9 Å². The van der Waals surface area contributed by atoms with E-state index >= 15 is 0 Å². The van der Waals surface area contributed by atoms with Gasteiger partial charge in [-0.25, -0.2) is 9.67 Å². The summed E-state index contributed by atoms with van der Waals surface area (Å²) in [6.07, 6.45) is 2.94. The molecule has 1 aliphatic heterocycles. The molecule has 0 N–H and O–H groups in total. The standard InChI is InChI=1S/C17H15ClN8O3/c18-12-1-2-14(26(28)29)13(9-12)17(27)24-7-5-23(6-8-24)15-3-4-16(22-21-15)25-11-19-10-20-25/h1-4,9-11H,5-8H2. The lowest BCUT2D eigenvalue weighted by Crippen LogP contribution is -2.49. The number of halogens is 1. The van der Waals surface area contributed by atoms with Gasteiger partial charge in [0.05, 0.1) is 4.92 Å². The molecule has 4 rings (SSSR count). The van der Waals surface area contributed by atoms with E-state index in [2.05, 4.69) is 20.3 Å². The van der Waals surface area contributed by atoms with Crippen LogP contribution in [0.5, 0.6) is 0 Å². The van der Waals surface area contributed by atoms with Crippen LogP contribution < -0.4 is 4.90 Å². The Labute approximate surface area is 169 Å². The lowest BCUT2D eigenvalue weighted by Gasteiger charge is -2.35. The van der Waals surface area contributed by atoms with Crippen molar-refractivity contribution in [3.05, 3.63) is 63.7 Å². The van der Waals surface area contributed by atoms with E-state index in [0.29, 0.717) is 37.8 Å². The average Bonchev–Trinajstić information content (AvgIpc) is 3.28. The maximum absolute atomic E-state index is 12.8. The summed E-state index contributed by atoms with van der Waals surface area (Å²) in [6, 6.07) is 7.59. The van der Waals surface area contributed by atoms with Crippen LogP contribution in [0.3, 0.4) is 0 Å². The van der Waals surface area contributed by atoms with Crippen molar-refractivity contribution in [2.24, 2.45) is 0 Å². The largest absolute Gasteiger partial charge is 0.352 e. The molecule has 0 bridgehead atoms. The van der Waals surface area contributed by atoms with E-state index in [1.165, 1.54) is 35.5 Å². The van der Waals surface area contributed by atoms with Gasteiger partial charge < -0.3 is 9.80 Å². The number of aromatic nitrogens is 5. The second-order valence-corrected chi connectivity index (χ2v) is 6.72. The monoisotopic (exact) mass is 414 g/mol. The Kier molecular flexibility index (Phi) is 5.04. The van der Waals surface area contributed by atoms with Crippen LogP contribution in [0.1, 0.15) is 10.4 Å². The molecule has 0 radical (unpaired) electrons. The zero-order chi connectivity index (χ0) is 20.4. The molecular weight excluding hydrogens is 400 g/mol. The molecule has 1 saturated heterocycles. The Morgan fingerprint density at radius 1 is 1.07 bits per heavy atom. The number of hydrogen-bond donors (Lipinski definition) is 0. The molecule has 1 aromatic carbocycles. The van der Waals surface area contributed by atoms with Crippen molar-refractivity contribution in [2.75, 3.05) is 31.1 Å². The number of nitro benzene ring substituents is 1. The SMILES string of the molecule is O=C(c1cc(Cl)ccc1[N+](=O)[O-])N1CCN(c2ccc(-n3cncn3)nn2)CC1. The third-order valence-corrected chi connectivity index (χ3v) is 4.80. The summed E-state index contributed by atoms with van der Waals surface area (Å²) in [5, 5.41) is 23.9. The summed E-state index contributed by atoms with van der Waals surface area (Å²) in [5.74, 6) is 0.814. The molecule has 1 aliphatic rings. The Bertz CT molecular complexity index is 1030. The first-order valence-corrected chi connectivity index (χ1v) is 9.07. The smallest absolute Gasteiger partial charge is 0.282 e. The fourth-order valence-electron chi connectivity index (χ4n) is 3.08. The van der Waals surface area contributed by atoms with E-state index < -0.39 is 10.8 Å². The van der Waals surface area contributed by atoms with Crippen LogP contribution >= 0.6 is 11.6 Å². The third-order valence-electron chi connectivity index (χ3n) is 4.57. The highest BCUT2D eigenvalue weighted by Gasteiger charge is 2.28. The number of nitrogens with zero attached hydrogens (tertiary/aromatic N) is 8. The first-order chi connectivity index (χ1) is 14.0. The van der Waals surface area contributed by atoms with Crippen LogP contribution in [-0.4, -0.2) is 66.9 Å². The molecule has 29 heavy (non-hydrogen) atoms. The van der Waals surface area contributed by atoms with Crippen molar-refractivity contribution in [2.45, 2.75) is 0 Å². The van der Waals surface area contributed by atoms with Crippen molar-refractivity contribution in [1.82, 2.24) is 29.9 Å². The van der Waals surface area contributed by atoms with E-state index in [0.717, 1.165) is 0 Å². The van der Waals surface area contributed by atoms with E-state index in [-0.39, 0.29) is 16.3 Å². The Morgan fingerprint density at radius 2 is 1.79 bits per heavy atom. The number of piperazine rings is 1. The minimum atomic E-state index is -0.577. The van der Waals surface area contributed by atoms with Gasteiger partial charge in [-0.2, -0.15) is 5.10 Å². The summed E-state index contributed by atoms with van der Waals surface area (Å²) >= 11 is 5.93. The van der Waals surface area contributed by atoms with Crippen LogP contribution in [0.15, 0.2) is 43.0 Å². The Hall–Kier alpha value is -3.60. The number of amides is 1. The topological polar surface area (TPSA) is 123 Å². The second kappa shape index (κ2) is 7.80. The number of nitro groups is 1. The predicted octanol–water partition coefficient (Wildman–Crippen LogP) is 1.58. The molecule has 2 aromatic heterocycles. The molecule has 11 nitrogen and oxygen atoms in total. The van der Waals surface area contributed by atoms with Gasteiger partial charge >= 0.3 is 0 Å². The van der Waals surface area contributed by atoms with Crippen LogP contribution in [-0.2, 0) is 0 Å². The number of anilines is 1. The zero-order valence-electron chi connectivity index (χ0n) is 15.1. The number of carbonyl (C=O) groups excluding carboxylic acids is 1. The molecule has 0 unspecified atom stereocenters. The fraction of sp³-hybridized carbons (Fsp3) is 0.235. The zero-order valence-corrected chi connectivity index (χ0v) is 15.8. The fourth-order valence-corrected chi connectivity index (χ4v) is 3.26. The van der Waals surface area contributed by atoms with E-state index in [9.17, 15) is 14.9 Å². The summed E-state index contributed by atoms with van der Waals surface area (Å²) < 4.78 is 1.51. The van der Waals surface area contributed by atoms with E-state index in [1.54, 1.807) is 11.0 Å². The summed E-state index contributed by atoms with van der Waals surface area (Å²) in [6.45, 7) is 1.85. The van der Waals surface area contributed by atoms with Crippen molar-refractivity contribution >= 4 is 29.0 Å². The molecule has 148 valence electrons. The molecule has 3 aromatic rings. The highest BCUT2D eigenvalue weighted by Crippen LogP contribution is 2.25. The number of hydrogen-bond acceptors (Lipinski definition) is 8. The Balaban J connectivity index is 1.44. The average molecular weight is 415 g/mol. The van der Waals surface area contributed by atoms with Crippen LogP contribution in [0.4, 0.5) is 11.5 Å². The number of rotatable bonds is 4. The molecule has 12 heteroatoms. The van der Waals surface area contributed by atoms with E-state index in [4.69, 9.17) is 11.6 Å². The first-order valence-electron chi connectivity index (χ1n) is 8.70. The van der Waals surface area contributed by atoms with Gasteiger partial charge in [0.2, 0.25) is 0 Å². The van der Waals surface area contributed by atoms with Gasteiger partial charge in [0.15, 0.2) is 11.6 Å². The van der Waals surface area contributed by atoms with Crippen molar-refractivity contribution in [3.63, 3.8) is 0 Å². The highest BCUT2D eigenvalue weighted by molar-refractivity contribution is 6.31. The van der Waals surface area contributed by atoms with Gasteiger partial charge in [-0.05, 0) is 24.3 Å². The molecular formula is C17H15ClN8O3. The lowest BCUT2D eigenvalue weighted by atomic mass is 10.1. The third kappa shape index (κ3) is 3.85. The van der Waals surface area contributed by atoms with Gasteiger partial charge in [-0.1, -0.05) is 11.6 Å². The maximum atomic E-state index is 12.8. The van der Waals surface area contributed by atoms with E-state index in [1.807, 2.05) is 11.0 Å². The molecule has 0 atom stereocenters.